The second kappa shape index (κ2) is 8.10. The number of benzene rings is 2. The van der Waals surface area contributed by atoms with Crippen LogP contribution in [0.2, 0.25) is 0 Å². The molecule has 158 valence electrons. The van der Waals surface area contributed by atoms with Crippen molar-refractivity contribution in [2.75, 3.05) is 0 Å². The van der Waals surface area contributed by atoms with Crippen LogP contribution in [0.15, 0.2) is 60.7 Å². The molecule has 0 N–H and O–H groups in total. The van der Waals surface area contributed by atoms with Crippen molar-refractivity contribution in [1.82, 2.24) is 10.0 Å². The fraction of sp³-hybridized carbons (Fsp3) is 0.227. The molecule has 8 nitrogen and oxygen atoms in total. The maximum absolute atomic E-state index is 14.3. The molecule has 2 atom stereocenters. The van der Waals surface area contributed by atoms with Gasteiger partial charge in [0, 0.05) is 23.3 Å². The van der Waals surface area contributed by atoms with Gasteiger partial charge in [-0.15, -0.1) is 0 Å². The summed E-state index contributed by atoms with van der Waals surface area (Å²) in [5.74, 6) is -3.46. The van der Waals surface area contributed by atoms with Gasteiger partial charge in [0.05, 0.1) is 23.3 Å². The zero-order valence-corrected chi connectivity index (χ0v) is 16.3. The van der Waals surface area contributed by atoms with Crippen molar-refractivity contribution >= 4 is 23.4 Å². The number of hydrogen-bond acceptors (Lipinski definition) is 5. The van der Waals surface area contributed by atoms with Crippen LogP contribution in [-0.2, 0) is 16.1 Å². The van der Waals surface area contributed by atoms with Gasteiger partial charge in [0.2, 0.25) is 0 Å². The molecule has 1 heterocycles. The van der Waals surface area contributed by atoms with Gasteiger partial charge in [0.25, 0.3) is 23.4 Å². The molecular formula is C22H18FN3O5. The number of fused-ring (bicyclic) bond motifs is 1. The number of rotatable bonds is 5. The topological polar surface area (TPSA) is 101 Å². The van der Waals surface area contributed by atoms with Gasteiger partial charge in [-0.2, -0.15) is 5.01 Å². The lowest BCUT2D eigenvalue weighted by Gasteiger charge is -2.30. The molecule has 9 heteroatoms. The van der Waals surface area contributed by atoms with Crippen molar-refractivity contribution in [3.63, 3.8) is 0 Å². The number of carbonyl (C=O) groups excluding carboxylic acids is 3. The molecule has 0 aromatic heterocycles. The van der Waals surface area contributed by atoms with E-state index in [2.05, 4.69) is 0 Å². The van der Waals surface area contributed by atoms with Crippen LogP contribution in [0.4, 0.5) is 10.1 Å². The summed E-state index contributed by atoms with van der Waals surface area (Å²) in [6.07, 6.45) is 4.44. The average Bonchev–Trinajstić information content (AvgIpc) is 3.03. The number of hydrogen-bond donors (Lipinski definition) is 0. The SMILES string of the molecule is O=C(c1ccc([N+](=O)[O-])cc1)N(Cc1ccccc1F)N1C(=O)[C@H]2CC=CC[C@@H]2C1=O. The van der Waals surface area contributed by atoms with E-state index in [0.717, 1.165) is 22.2 Å². The molecule has 31 heavy (non-hydrogen) atoms. The fourth-order valence-electron chi connectivity index (χ4n) is 3.92. The number of imide groups is 1. The maximum atomic E-state index is 14.3. The Hall–Kier alpha value is -3.88. The third kappa shape index (κ3) is 3.70. The number of non-ortho nitro benzene ring substituents is 1. The van der Waals surface area contributed by atoms with E-state index in [1.807, 2.05) is 12.2 Å². The predicted octanol–water partition coefficient (Wildman–Crippen LogP) is 3.24. The minimum atomic E-state index is -0.730. The van der Waals surface area contributed by atoms with Crippen LogP contribution >= 0.6 is 0 Å². The molecule has 1 saturated heterocycles. The molecule has 1 aliphatic heterocycles. The van der Waals surface area contributed by atoms with E-state index >= 15 is 0 Å². The lowest BCUT2D eigenvalue weighted by molar-refractivity contribution is -0.384. The van der Waals surface area contributed by atoms with Crippen molar-refractivity contribution in [2.24, 2.45) is 11.8 Å². The van der Waals surface area contributed by atoms with E-state index in [9.17, 15) is 28.9 Å². The molecule has 2 aromatic carbocycles. The summed E-state index contributed by atoms with van der Waals surface area (Å²) >= 11 is 0. The summed E-state index contributed by atoms with van der Waals surface area (Å²) in [5, 5.41) is 12.7. The molecule has 2 aromatic rings. The van der Waals surface area contributed by atoms with Gasteiger partial charge in [0.15, 0.2) is 0 Å². The zero-order chi connectivity index (χ0) is 22.1. The zero-order valence-electron chi connectivity index (χ0n) is 16.3. The molecule has 0 saturated carbocycles. The molecule has 1 aliphatic carbocycles. The quantitative estimate of drug-likeness (QED) is 0.318. The van der Waals surface area contributed by atoms with Crippen LogP contribution in [0.3, 0.4) is 0 Å². The highest BCUT2D eigenvalue weighted by Crippen LogP contribution is 2.36. The Morgan fingerprint density at radius 1 is 1.03 bits per heavy atom. The van der Waals surface area contributed by atoms with Gasteiger partial charge in [-0.25, -0.2) is 9.40 Å². The highest BCUT2D eigenvalue weighted by Gasteiger charge is 2.50. The first-order valence-electron chi connectivity index (χ1n) is 9.71. The summed E-state index contributed by atoms with van der Waals surface area (Å²) in [6.45, 7) is -0.340. The third-order valence-corrected chi connectivity index (χ3v) is 5.56. The monoisotopic (exact) mass is 423 g/mol. The largest absolute Gasteiger partial charge is 0.273 e. The van der Waals surface area contributed by atoms with Crippen molar-refractivity contribution in [3.05, 3.63) is 87.7 Å². The molecular weight excluding hydrogens is 405 g/mol. The van der Waals surface area contributed by atoms with Crippen LogP contribution in [0.1, 0.15) is 28.8 Å². The van der Waals surface area contributed by atoms with Crippen molar-refractivity contribution in [3.8, 4) is 0 Å². The molecule has 0 radical (unpaired) electrons. The van der Waals surface area contributed by atoms with Crippen molar-refractivity contribution in [1.29, 1.82) is 0 Å². The molecule has 3 amide bonds. The van der Waals surface area contributed by atoms with E-state index < -0.39 is 40.3 Å². The summed E-state index contributed by atoms with van der Waals surface area (Å²) < 4.78 is 14.3. The number of nitro benzene ring substituents is 1. The molecule has 0 bridgehead atoms. The number of carbonyl (C=O) groups is 3. The highest BCUT2D eigenvalue weighted by atomic mass is 19.1. The summed E-state index contributed by atoms with van der Waals surface area (Å²) in [5.41, 5.74) is -0.0375. The fourth-order valence-corrected chi connectivity index (χ4v) is 3.92. The van der Waals surface area contributed by atoms with Gasteiger partial charge in [-0.3, -0.25) is 24.5 Å². The van der Waals surface area contributed by atoms with E-state index in [-0.39, 0.29) is 23.4 Å². The smallest absolute Gasteiger partial charge is 0.272 e. The Kier molecular flexibility index (Phi) is 5.33. The normalized spacial score (nSPS) is 20.0. The lowest BCUT2D eigenvalue weighted by atomic mass is 9.85. The first kappa shape index (κ1) is 20.4. The molecule has 4 rings (SSSR count). The Morgan fingerprint density at radius 3 is 2.16 bits per heavy atom. The first-order valence-corrected chi connectivity index (χ1v) is 9.71. The number of nitrogens with zero attached hydrogens (tertiary/aromatic N) is 3. The first-order chi connectivity index (χ1) is 14.9. The minimum absolute atomic E-state index is 0.0375. The van der Waals surface area contributed by atoms with Crippen LogP contribution in [0, 0.1) is 27.8 Å². The van der Waals surface area contributed by atoms with Gasteiger partial charge in [-0.1, -0.05) is 30.4 Å². The van der Waals surface area contributed by atoms with Gasteiger partial charge in [-0.05, 0) is 31.0 Å². The predicted molar refractivity (Wildman–Crippen MR) is 107 cm³/mol. The van der Waals surface area contributed by atoms with Crippen LogP contribution in [-0.4, -0.2) is 32.7 Å². The van der Waals surface area contributed by atoms with E-state index in [1.54, 1.807) is 6.07 Å². The molecule has 2 aliphatic rings. The van der Waals surface area contributed by atoms with E-state index in [4.69, 9.17) is 0 Å². The Morgan fingerprint density at radius 2 is 1.61 bits per heavy atom. The number of halogens is 1. The van der Waals surface area contributed by atoms with E-state index in [0.29, 0.717) is 12.8 Å². The van der Waals surface area contributed by atoms with Crippen molar-refractivity contribution in [2.45, 2.75) is 19.4 Å². The highest BCUT2D eigenvalue weighted by molar-refractivity contribution is 6.08. The summed E-state index contributed by atoms with van der Waals surface area (Å²) in [4.78, 5) is 49.7. The lowest BCUT2D eigenvalue weighted by Crippen LogP contribution is -2.50. The molecule has 0 unspecified atom stereocenters. The second-order valence-corrected chi connectivity index (χ2v) is 7.40. The average molecular weight is 423 g/mol. The number of allylic oxidation sites excluding steroid dienone is 2. The Bertz CT molecular complexity index is 1070. The van der Waals surface area contributed by atoms with Gasteiger partial charge >= 0.3 is 0 Å². The minimum Gasteiger partial charge on any atom is -0.272 e. The standard InChI is InChI=1S/C22H18FN3O5/c23-19-8-4-1-5-15(19)13-24(20(27)14-9-11-16(12-10-14)26(30)31)25-21(28)17-6-2-3-7-18(17)22(25)29/h1-5,8-12,17-18H,6-7,13H2/t17-,18-/m0/s1. The third-order valence-electron chi connectivity index (χ3n) is 5.56. The van der Waals surface area contributed by atoms with E-state index in [1.165, 1.54) is 30.3 Å². The van der Waals surface area contributed by atoms with Crippen LogP contribution < -0.4 is 0 Å². The number of amides is 3. The van der Waals surface area contributed by atoms with Crippen LogP contribution in [0.25, 0.3) is 0 Å². The second-order valence-electron chi connectivity index (χ2n) is 7.40. The summed E-state index contributed by atoms with van der Waals surface area (Å²) in [7, 11) is 0. The number of hydrazine groups is 1. The van der Waals surface area contributed by atoms with Crippen molar-refractivity contribution < 1.29 is 23.7 Å². The molecule has 1 fully saturated rings. The maximum Gasteiger partial charge on any atom is 0.273 e. The summed E-state index contributed by atoms with van der Waals surface area (Å²) in [6, 6.07) is 10.6. The van der Waals surface area contributed by atoms with Crippen LogP contribution in [0.5, 0.6) is 0 Å². The Labute approximate surface area is 176 Å². The van der Waals surface area contributed by atoms with Gasteiger partial charge < -0.3 is 0 Å². The molecule has 0 spiro atoms. The van der Waals surface area contributed by atoms with Gasteiger partial charge in [0.1, 0.15) is 5.82 Å². The Balaban J connectivity index is 1.72. The number of nitro groups is 1.